The number of hydrogen-bond donors (Lipinski definition) is 2. The first-order valence-corrected chi connectivity index (χ1v) is 12.3. The molecular formula is C24H35IN4OS. The molecule has 2 aromatic carbocycles. The number of halogens is 1. The third-order valence-electron chi connectivity index (χ3n) is 5.23. The van der Waals surface area contributed by atoms with Crippen molar-refractivity contribution in [1.29, 1.82) is 0 Å². The number of nitrogens with one attached hydrogen (secondary N) is 2. The standard InChI is InChI=1S/C24H34N4OS.HI/c1-2-25-24(26-15-18-30(29)23-9-5-3-6-10-23)27-19-21-11-13-22(14-12-21)20-28-16-7-4-8-17-28;/h3,5-6,9-14H,2,4,7-8,15-20H2,1H3,(H2,25,26,27);1H. The van der Waals surface area contributed by atoms with Crippen molar-refractivity contribution in [3.63, 3.8) is 0 Å². The van der Waals surface area contributed by atoms with Gasteiger partial charge in [0.1, 0.15) is 0 Å². The Morgan fingerprint density at radius 3 is 2.32 bits per heavy atom. The van der Waals surface area contributed by atoms with E-state index in [0.29, 0.717) is 18.8 Å². The Labute approximate surface area is 206 Å². The normalized spacial score (nSPS) is 15.7. The molecule has 3 rings (SSSR count). The summed E-state index contributed by atoms with van der Waals surface area (Å²) >= 11 is 0. The minimum absolute atomic E-state index is 0. The van der Waals surface area contributed by atoms with E-state index in [1.54, 1.807) is 0 Å². The minimum atomic E-state index is -0.999. The summed E-state index contributed by atoms with van der Waals surface area (Å²) in [7, 11) is -0.999. The van der Waals surface area contributed by atoms with Gasteiger partial charge in [0.25, 0.3) is 0 Å². The van der Waals surface area contributed by atoms with Crippen LogP contribution in [-0.4, -0.2) is 47.0 Å². The van der Waals surface area contributed by atoms with Crippen molar-refractivity contribution in [3.8, 4) is 0 Å². The van der Waals surface area contributed by atoms with Gasteiger partial charge in [-0.2, -0.15) is 0 Å². The molecule has 1 atom stereocenters. The summed E-state index contributed by atoms with van der Waals surface area (Å²) in [5, 5.41) is 6.56. The van der Waals surface area contributed by atoms with Crippen molar-refractivity contribution >= 4 is 40.7 Å². The van der Waals surface area contributed by atoms with Gasteiger partial charge in [0.2, 0.25) is 0 Å². The lowest BCUT2D eigenvalue weighted by atomic mass is 10.1. The van der Waals surface area contributed by atoms with Gasteiger partial charge in [0, 0.05) is 30.3 Å². The van der Waals surface area contributed by atoms with E-state index in [1.807, 2.05) is 30.3 Å². The highest BCUT2D eigenvalue weighted by atomic mass is 127. The van der Waals surface area contributed by atoms with Crippen LogP contribution in [0.25, 0.3) is 0 Å². The van der Waals surface area contributed by atoms with Gasteiger partial charge in [-0.1, -0.05) is 48.9 Å². The zero-order valence-electron chi connectivity index (χ0n) is 18.4. The molecule has 0 radical (unpaired) electrons. The van der Waals surface area contributed by atoms with E-state index >= 15 is 0 Å². The van der Waals surface area contributed by atoms with Gasteiger partial charge >= 0.3 is 0 Å². The average Bonchev–Trinajstić information content (AvgIpc) is 2.79. The Balaban J connectivity index is 0.00000341. The van der Waals surface area contributed by atoms with Gasteiger partial charge in [-0.15, -0.1) is 24.0 Å². The molecule has 170 valence electrons. The fourth-order valence-electron chi connectivity index (χ4n) is 3.59. The molecule has 0 saturated carbocycles. The van der Waals surface area contributed by atoms with Crippen LogP contribution in [0.15, 0.2) is 64.5 Å². The SMILES string of the molecule is CCNC(=NCc1ccc(CN2CCCCC2)cc1)NCCS(=O)c1ccccc1.I. The highest BCUT2D eigenvalue weighted by Gasteiger charge is 2.10. The Kier molecular flexibility index (Phi) is 12.1. The van der Waals surface area contributed by atoms with Gasteiger partial charge < -0.3 is 10.6 Å². The molecule has 1 aliphatic heterocycles. The van der Waals surface area contributed by atoms with Gasteiger partial charge in [-0.3, -0.25) is 9.11 Å². The van der Waals surface area contributed by atoms with E-state index in [-0.39, 0.29) is 24.0 Å². The lowest BCUT2D eigenvalue weighted by Gasteiger charge is -2.26. The van der Waals surface area contributed by atoms with Crippen LogP contribution < -0.4 is 10.6 Å². The second-order valence-corrected chi connectivity index (χ2v) is 9.21. The first kappa shape index (κ1) is 25.8. The van der Waals surface area contributed by atoms with Gasteiger partial charge in [-0.05, 0) is 56.1 Å². The topological polar surface area (TPSA) is 56.7 Å². The maximum absolute atomic E-state index is 12.3. The van der Waals surface area contributed by atoms with Crippen molar-refractivity contribution < 1.29 is 4.21 Å². The molecule has 1 fully saturated rings. The van der Waals surface area contributed by atoms with Crippen molar-refractivity contribution in [3.05, 3.63) is 65.7 Å². The molecule has 1 unspecified atom stereocenters. The Morgan fingerprint density at radius 1 is 0.968 bits per heavy atom. The second kappa shape index (κ2) is 14.6. The Bertz CT molecular complexity index is 808. The van der Waals surface area contributed by atoms with E-state index in [4.69, 9.17) is 0 Å². The molecule has 31 heavy (non-hydrogen) atoms. The minimum Gasteiger partial charge on any atom is -0.357 e. The van der Waals surface area contributed by atoms with E-state index in [1.165, 1.54) is 43.5 Å². The molecule has 1 aliphatic rings. The van der Waals surface area contributed by atoms with E-state index in [0.717, 1.165) is 23.9 Å². The Morgan fingerprint density at radius 2 is 1.65 bits per heavy atom. The number of likely N-dealkylation sites (tertiary alicyclic amines) is 1. The van der Waals surface area contributed by atoms with Crippen LogP contribution in [0.1, 0.15) is 37.3 Å². The average molecular weight is 555 g/mol. The summed E-state index contributed by atoms with van der Waals surface area (Å²) in [6.45, 7) is 7.57. The van der Waals surface area contributed by atoms with E-state index in [9.17, 15) is 4.21 Å². The number of benzene rings is 2. The van der Waals surface area contributed by atoms with Crippen molar-refractivity contribution in [2.24, 2.45) is 4.99 Å². The molecular weight excluding hydrogens is 519 g/mol. The number of guanidine groups is 1. The molecule has 0 aliphatic carbocycles. The quantitative estimate of drug-likeness (QED) is 0.278. The van der Waals surface area contributed by atoms with Crippen LogP contribution in [-0.2, 0) is 23.9 Å². The molecule has 0 amide bonds. The smallest absolute Gasteiger partial charge is 0.191 e. The number of nitrogens with zero attached hydrogens (tertiary/aromatic N) is 2. The number of hydrogen-bond acceptors (Lipinski definition) is 3. The third-order valence-corrected chi connectivity index (χ3v) is 6.60. The van der Waals surface area contributed by atoms with Crippen molar-refractivity contribution in [1.82, 2.24) is 15.5 Å². The van der Waals surface area contributed by atoms with Gasteiger partial charge in [-0.25, -0.2) is 4.99 Å². The summed E-state index contributed by atoms with van der Waals surface area (Å²) in [5.41, 5.74) is 2.57. The summed E-state index contributed by atoms with van der Waals surface area (Å²) in [4.78, 5) is 8.10. The fraction of sp³-hybridized carbons (Fsp3) is 0.458. The molecule has 1 saturated heterocycles. The number of rotatable bonds is 9. The lowest BCUT2D eigenvalue weighted by molar-refractivity contribution is 0.221. The monoisotopic (exact) mass is 554 g/mol. The maximum atomic E-state index is 12.3. The van der Waals surface area contributed by atoms with E-state index in [2.05, 4.69) is 51.7 Å². The third kappa shape index (κ3) is 9.29. The molecule has 2 aromatic rings. The molecule has 2 N–H and O–H groups in total. The van der Waals surface area contributed by atoms with Crippen LogP contribution in [0.4, 0.5) is 0 Å². The first-order chi connectivity index (χ1) is 14.7. The predicted molar refractivity (Wildman–Crippen MR) is 142 cm³/mol. The highest BCUT2D eigenvalue weighted by Crippen LogP contribution is 2.14. The zero-order valence-corrected chi connectivity index (χ0v) is 21.5. The molecule has 0 spiro atoms. The van der Waals surface area contributed by atoms with Gasteiger partial charge in [0.05, 0.1) is 17.3 Å². The summed E-state index contributed by atoms with van der Waals surface area (Å²) in [5.74, 6) is 1.32. The highest BCUT2D eigenvalue weighted by molar-refractivity contribution is 14.0. The maximum Gasteiger partial charge on any atom is 0.191 e. The predicted octanol–water partition coefficient (Wildman–Crippen LogP) is 4.15. The lowest BCUT2D eigenvalue weighted by Crippen LogP contribution is -2.39. The number of piperidine rings is 1. The Hall–Kier alpha value is -1.45. The van der Waals surface area contributed by atoms with Crippen LogP contribution in [0, 0.1) is 0 Å². The van der Waals surface area contributed by atoms with Gasteiger partial charge in [0.15, 0.2) is 5.96 Å². The first-order valence-electron chi connectivity index (χ1n) is 11.0. The van der Waals surface area contributed by atoms with Crippen LogP contribution in [0.5, 0.6) is 0 Å². The summed E-state index contributed by atoms with van der Waals surface area (Å²) in [6, 6.07) is 18.4. The zero-order chi connectivity index (χ0) is 21.0. The number of aliphatic imine (C=N–C) groups is 1. The molecule has 0 aromatic heterocycles. The summed E-state index contributed by atoms with van der Waals surface area (Å²) < 4.78 is 12.3. The molecule has 5 nitrogen and oxygen atoms in total. The summed E-state index contributed by atoms with van der Waals surface area (Å²) in [6.07, 6.45) is 4.02. The van der Waals surface area contributed by atoms with E-state index < -0.39 is 10.8 Å². The molecule has 7 heteroatoms. The van der Waals surface area contributed by atoms with Crippen LogP contribution in [0.2, 0.25) is 0 Å². The van der Waals surface area contributed by atoms with Crippen LogP contribution >= 0.6 is 24.0 Å². The second-order valence-electron chi connectivity index (χ2n) is 7.64. The molecule has 1 heterocycles. The largest absolute Gasteiger partial charge is 0.357 e. The molecule has 0 bridgehead atoms. The van der Waals surface area contributed by atoms with Crippen LogP contribution in [0.3, 0.4) is 0 Å². The van der Waals surface area contributed by atoms with Crippen molar-refractivity contribution in [2.75, 3.05) is 31.9 Å². The fourth-order valence-corrected chi connectivity index (χ4v) is 4.57. The van der Waals surface area contributed by atoms with Crippen molar-refractivity contribution in [2.45, 2.75) is 44.2 Å².